The van der Waals surface area contributed by atoms with Crippen LogP contribution in [-0.2, 0) is 9.59 Å². The van der Waals surface area contributed by atoms with Gasteiger partial charge in [0.2, 0.25) is 11.8 Å². The van der Waals surface area contributed by atoms with Crippen LogP contribution in [0.25, 0.3) is 0 Å². The normalized spacial score (nSPS) is 17.3. The van der Waals surface area contributed by atoms with Gasteiger partial charge in [-0.25, -0.2) is 0 Å². The van der Waals surface area contributed by atoms with Gasteiger partial charge in [0.1, 0.15) is 0 Å². The molecule has 1 heterocycles. The predicted octanol–water partition coefficient (Wildman–Crippen LogP) is 2.97. The van der Waals surface area contributed by atoms with E-state index in [1.807, 2.05) is 17.9 Å². The fourth-order valence-corrected chi connectivity index (χ4v) is 3.00. The van der Waals surface area contributed by atoms with E-state index in [9.17, 15) is 9.59 Å². The standard InChI is InChI=1S/C17H25N3O2.ClH/c1-4-14(5-2)20-10-12(8-16(20)21)17(22)19-15-9-13(18)7-6-11(15)3;/h6-7,9,12,14H,4-5,8,10,18H2,1-3H3,(H,19,22);1H. The molecule has 1 aromatic carbocycles. The van der Waals surface area contributed by atoms with E-state index in [1.54, 1.807) is 12.1 Å². The first kappa shape index (κ1) is 19.3. The van der Waals surface area contributed by atoms with Crippen LogP contribution in [-0.4, -0.2) is 29.3 Å². The topological polar surface area (TPSA) is 75.4 Å². The fraction of sp³-hybridized carbons (Fsp3) is 0.529. The maximum absolute atomic E-state index is 12.4. The summed E-state index contributed by atoms with van der Waals surface area (Å²) in [6.45, 7) is 6.58. The number of rotatable bonds is 5. The number of carbonyl (C=O) groups excluding carboxylic acids is 2. The lowest BCUT2D eigenvalue weighted by Crippen LogP contribution is -2.36. The largest absolute Gasteiger partial charge is 0.399 e. The molecule has 0 aliphatic carbocycles. The molecule has 0 aromatic heterocycles. The van der Waals surface area contributed by atoms with Gasteiger partial charge in [-0.1, -0.05) is 19.9 Å². The lowest BCUT2D eigenvalue weighted by Gasteiger charge is -2.26. The zero-order valence-electron chi connectivity index (χ0n) is 14.0. The zero-order valence-corrected chi connectivity index (χ0v) is 14.8. The number of halogens is 1. The van der Waals surface area contributed by atoms with Crippen LogP contribution in [0.15, 0.2) is 18.2 Å². The summed E-state index contributed by atoms with van der Waals surface area (Å²) in [5.41, 5.74) is 8.06. The smallest absolute Gasteiger partial charge is 0.229 e. The number of amides is 2. The van der Waals surface area contributed by atoms with Crippen molar-refractivity contribution in [2.45, 2.75) is 46.1 Å². The van der Waals surface area contributed by atoms with E-state index in [2.05, 4.69) is 19.2 Å². The summed E-state index contributed by atoms with van der Waals surface area (Å²) in [6, 6.07) is 5.67. The Morgan fingerprint density at radius 3 is 2.65 bits per heavy atom. The fourth-order valence-electron chi connectivity index (χ4n) is 3.00. The van der Waals surface area contributed by atoms with Crippen molar-refractivity contribution in [3.05, 3.63) is 23.8 Å². The highest BCUT2D eigenvalue weighted by molar-refractivity contribution is 5.98. The van der Waals surface area contributed by atoms with Crippen LogP contribution in [0.2, 0.25) is 0 Å². The van der Waals surface area contributed by atoms with Crippen LogP contribution in [0.1, 0.15) is 38.7 Å². The minimum atomic E-state index is -0.283. The SMILES string of the molecule is CCC(CC)N1CC(C(=O)Nc2cc(N)ccc2C)CC1=O.Cl. The zero-order chi connectivity index (χ0) is 16.3. The van der Waals surface area contributed by atoms with Crippen LogP contribution in [0.4, 0.5) is 11.4 Å². The van der Waals surface area contributed by atoms with Gasteiger partial charge < -0.3 is 16.0 Å². The van der Waals surface area contributed by atoms with Gasteiger partial charge in [-0.05, 0) is 37.5 Å². The molecule has 1 aliphatic rings. The predicted molar refractivity (Wildman–Crippen MR) is 95.7 cm³/mol. The summed E-state index contributed by atoms with van der Waals surface area (Å²) < 4.78 is 0. The van der Waals surface area contributed by atoms with Gasteiger partial charge in [0.05, 0.1) is 5.92 Å². The lowest BCUT2D eigenvalue weighted by molar-refractivity contribution is -0.130. The molecular formula is C17H26ClN3O2. The van der Waals surface area contributed by atoms with Gasteiger partial charge in [-0.3, -0.25) is 9.59 Å². The Kier molecular flexibility index (Phi) is 6.88. The number of hydrogen-bond donors (Lipinski definition) is 2. The number of benzene rings is 1. The Morgan fingerprint density at radius 1 is 1.39 bits per heavy atom. The average Bonchev–Trinajstić information content (AvgIpc) is 2.87. The third-order valence-electron chi connectivity index (χ3n) is 4.43. The van der Waals surface area contributed by atoms with Crippen LogP contribution < -0.4 is 11.1 Å². The third-order valence-corrected chi connectivity index (χ3v) is 4.43. The van der Waals surface area contributed by atoms with E-state index >= 15 is 0 Å². The summed E-state index contributed by atoms with van der Waals surface area (Å²) in [5, 5.41) is 2.91. The Morgan fingerprint density at radius 2 is 2.04 bits per heavy atom. The molecule has 2 rings (SSSR count). The maximum atomic E-state index is 12.4. The summed E-state index contributed by atoms with van der Waals surface area (Å²) in [5.74, 6) is -0.303. The van der Waals surface area contributed by atoms with Crippen molar-refractivity contribution < 1.29 is 9.59 Å². The van der Waals surface area contributed by atoms with Crippen LogP contribution in [0.3, 0.4) is 0 Å². The van der Waals surface area contributed by atoms with Gasteiger partial charge in [-0.2, -0.15) is 0 Å². The van der Waals surface area contributed by atoms with E-state index in [1.165, 1.54) is 0 Å². The van der Waals surface area contributed by atoms with Crippen molar-refractivity contribution >= 4 is 35.6 Å². The molecule has 1 aromatic rings. The molecule has 0 spiro atoms. The summed E-state index contributed by atoms with van der Waals surface area (Å²) >= 11 is 0. The Balaban J connectivity index is 0.00000264. The molecule has 1 saturated heterocycles. The molecule has 6 heteroatoms. The van der Waals surface area contributed by atoms with E-state index in [4.69, 9.17) is 5.73 Å². The van der Waals surface area contributed by atoms with Crippen molar-refractivity contribution in [2.24, 2.45) is 5.92 Å². The molecule has 128 valence electrons. The lowest BCUT2D eigenvalue weighted by atomic mass is 10.1. The second-order valence-corrected chi connectivity index (χ2v) is 5.98. The van der Waals surface area contributed by atoms with Crippen molar-refractivity contribution in [1.29, 1.82) is 0 Å². The Bertz CT molecular complexity index is 573. The van der Waals surface area contributed by atoms with E-state index < -0.39 is 0 Å². The minimum absolute atomic E-state index is 0. The van der Waals surface area contributed by atoms with Gasteiger partial charge in [0.25, 0.3) is 0 Å². The molecular weight excluding hydrogens is 314 g/mol. The number of nitrogens with one attached hydrogen (secondary N) is 1. The number of anilines is 2. The Labute approximate surface area is 144 Å². The van der Waals surface area contributed by atoms with Crippen molar-refractivity contribution in [3.63, 3.8) is 0 Å². The first-order valence-corrected chi connectivity index (χ1v) is 7.92. The quantitative estimate of drug-likeness (QED) is 0.810. The van der Waals surface area contributed by atoms with Crippen LogP contribution in [0, 0.1) is 12.8 Å². The van der Waals surface area contributed by atoms with E-state index in [0.717, 1.165) is 24.1 Å². The minimum Gasteiger partial charge on any atom is -0.399 e. The van der Waals surface area contributed by atoms with Crippen molar-refractivity contribution in [2.75, 3.05) is 17.6 Å². The molecule has 0 radical (unpaired) electrons. The number of nitrogens with zero attached hydrogens (tertiary/aromatic N) is 1. The molecule has 1 unspecified atom stereocenters. The van der Waals surface area contributed by atoms with Gasteiger partial charge in [0.15, 0.2) is 0 Å². The number of hydrogen-bond acceptors (Lipinski definition) is 3. The Hall–Kier alpha value is -1.75. The monoisotopic (exact) mass is 339 g/mol. The molecule has 23 heavy (non-hydrogen) atoms. The van der Waals surface area contributed by atoms with E-state index in [0.29, 0.717) is 18.7 Å². The van der Waals surface area contributed by atoms with Gasteiger partial charge in [-0.15, -0.1) is 12.4 Å². The number of nitrogens with two attached hydrogens (primary N) is 1. The molecule has 1 fully saturated rings. The van der Waals surface area contributed by atoms with Crippen molar-refractivity contribution in [1.82, 2.24) is 4.90 Å². The number of likely N-dealkylation sites (tertiary alicyclic amines) is 1. The average molecular weight is 340 g/mol. The molecule has 5 nitrogen and oxygen atoms in total. The highest BCUT2D eigenvalue weighted by Gasteiger charge is 2.36. The first-order chi connectivity index (χ1) is 10.5. The number of carbonyl (C=O) groups is 2. The summed E-state index contributed by atoms with van der Waals surface area (Å²) in [7, 11) is 0. The third kappa shape index (κ3) is 4.38. The van der Waals surface area contributed by atoms with Gasteiger partial charge >= 0.3 is 0 Å². The molecule has 0 bridgehead atoms. The second-order valence-electron chi connectivity index (χ2n) is 5.98. The number of aryl methyl sites for hydroxylation is 1. The summed E-state index contributed by atoms with van der Waals surface area (Å²) in [4.78, 5) is 26.4. The van der Waals surface area contributed by atoms with Gasteiger partial charge in [0, 0.05) is 30.4 Å². The molecule has 2 amide bonds. The molecule has 1 atom stereocenters. The van der Waals surface area contributed by atoms with Crippen LogP contribution in [0.5, 0.6) is 0 Å². The van der Waals surface area contributed by atoms with Crippen molar-refractivity contribution in [3.8, 4) is 0 Å². The molecule has 3 N–H and O–H groups in total. The van der Waals surface area contributed by atoms with E-state index in [-0.39, 0.29) is 36.2 Å². The molecule has 0 saturated carbocycles. The second kappa shape index (κ2) is 8.20. The summed E-state index contributed by atoms with van der Waals surface area (Å²) in [6.07, 6.45) is 2.14. The highest BCUT2D eigenvalue weighted by atomic mass is 35.5. The molecule has 1 aliphatic heterocycles. The first-order valence-electron chi connectivity index (χ1n) is 7.92. The maximum Gasteiger partial charge on any atom is 0.229 e. The van der Waals surface area contributed by atoms with Crippen LogP contribution >= 0.6 is 12.4 Å². The number of nitrogen functional groups attached to an aromatic ring is 1. The highest BCUT2D eigenvalue weighted by Crippen LogP contribution is 2.25.